The van der Waals surface area contributed by atoms with Gasteiger partial charge in [0.2, 0.25) is 0 Å². The Balaban J connectivity index is 0.000000284. The SMILES string of the molecule is CCO[PH](=O)OCC.COCc1ccc2ccc(OC)cc2c1. The highest BCUT2D eigenvalue weighted by Crippen LogP contribution is 2.22. The van der Waals surface area contributed by atoms with Crippen LogP contribution in [0.5, 0.6) is 5.75 Å². The Kier molecular flexibility index (Phi) is 9.57. The van der Waals surface area contributed by atoms with Crippen LogP contribution in [0.15, 0.2) is 36.4 Å². The lowest BCUT2D eigenvalue weighted by molar-refractivity contribution is 0.185. The average molecular weight is 340 g/mol. The second-order valence-electron chi connectivity index (χ2n) is 4.60. The van der Waals surface area contributed by atoms with Crippen LogP contribution in [0.3, 0.4) is 0 Å². The van der Waals surface area contributed by atoms with E-state index in [-0.39, 0.29) is 0 Å². The third kappa shape index (κ3) is 7.14. The van der Waals surface area contributed by atoms with Gasteiger partial charge < -0.3 is 18.5 Å². The van der Waals surface area contributed by atoms with Gasteiger partial charge in [0, 0.05) is 7.11 Å². The van der Waals surface area contributed by atoms with Gasteiger partial charge in [-0.05, 0) is 48.4 Å². The summed E-state index contributed by atoms with van der Waals surface area (Å²) in [6.07, 6.45) is 0. The summed E-state index contributed by atoms with van der Waals surface area (Å²) in [7, 11) is 1.24. The third-order valence-electron chi connectivity index (χ3n) is 2.95. The van der Waals surface area contributed by atoms with Gasteiger partial charge in [-0.25, -0.2) is 0 Å². The molecule has 0 aliphatic rings. The van der Waals surface area contributed by atoms with Crippen molar-refractivity contribution in [2.24, 2.45) is 0 Å². The second kappa shape index (κ2) is 11.2. The molecule has 128 valence electrons. The zero-order chi connectivity index (χ0) is 17.1. The zero-order valence-electron chi connectivity index (χ0n) is 14.1. The van der Waals surface area contributed by atoms with Crippen LogP contribution in [0.4, 0.5) is 0 Å². The van der Waals surface area contributed by atoms with Gasteiger partial charge in [-0.1, -0.05) is 18.2 Å². The molecule has 0 N–H and O–H groups in total. The summed E-state index contributed by atoms with van der Waals surface area (Å²) in [4.78, 5) is 0. The van der Waals surface area contributed by atoms with Crippen molar-refractivity contribution in [1.29, 1.82) is 0 Å². The van der Waals surface area contributed by atoms with Crippen LogP contribution in [0, 0.1) is 0 Å². The summed E-state index contributed by atoms with van der Waals surface area (Å²) in [6.45, 7) is 5.12. The lowest BCUT2D eigenvalue weighted by Gasteiger charge is -2.05. The standard InChI is InChI=1S/C13H14O2.C4H11O3P/c1-14-9-10-3-4-11-5-6-13(15-2)8-12(11)7-10;1-3-6-8(5)7-4-2/h3-8H,9H2,1-2H3;8H,3-4H2,1-2H3. The summed E-state index contributed by atoms with van der Waals surface area (Å²) in [5.74, 6) is 0.886. The summed E-state index contributed by atoms with van der Waals surface area (Å²) in [5.41, 5.74) is 1.18. The molecule has 0 radical (unpaired) electrons. The smallest absolute Gasteiger partial charge is 0.319 e. The zero-order valence-corrected chi connectivity index (χ0v) is 15.1. The molecule has 0 amide bonds. The van der Waals surface area contributed by atoms with Crippen LogP contribution < -0.4 is 4.74 Å². The molecule has 0 aromatic heterocycles. The van der Waals surface area contributed by atoms with E-state index in [0.717, 1.165) is 5.75 Å². The predicted molar refractivity (Wildman–Crippen MR) is 93.5 cm³/mol. The summed E-state index contributed by atoms with van der Waals surface area (Å²) in [6, 6.07) is 12.4. The van der Waals surface area contributed by atoms with Crippen molar-refractivity contribution < 1.29 is 23.1 Å². The molecular formula is C17H25O5P. The van der Waals surface area contributed by atoms with Crippen LogP contribution in [-0.4, -0.2) is 27.4 Å². The Morgan fingerprint density at radius 1 is 0.913 bits per heavy atom. The summed E-state index contributed by atoms with van der Waals surface area (Å²) >= 11 is 0. The summed E-state index contributed by atoms with van der Waals surface area (Å²) in [5, 5.41) is 2.40. The second-order valence-corrected chi connectivity index (χ2v) is 5.67. The van der Waals surface area contributed by atoms with Crippen LogP contribution in [-0.2, 0) is 25.0 Å². The van der Waals surface area contributed by atoms with E-state index >= 15 is 0 Å². The van der Waals surface area contributed by atoms with E-state index in [1.54, 1.807) is 28.1 Å². The Labute approximate surface area is 138 Å². The Hall–Kier alpha value is -1.39. The van der Waals surface area contributed by atoms with Gasteiger partial charge in [-0.3, -0.25) is 4.57 Å². The van der Waals surface area contributed by atoms with Gasteiger partial charge in [0.05, 0.1) is 26.9 Å². The first kappa shape index (κ1) is 19.7. The maximum absolute atomic E-state index is 10.4. The normalized spacial score (nSPS) is 10.5. The van der Waals surface area contributed by atoms with E-state index in [0.29, 0.717) is 19.8 Å². The minimum atomic E-state index is -2.14. The fourth-order valence-corrected chi connectivity index (χ4v) is 2.49. The number of rotatable bonds is 7. The largest absolute Gasteiger partial charge is 0.497 e. The third-order valence-corrected chi connectivity index (χ3v) is 4.00. The van der Waals surface area contributed by atoms with Crippen molar-refractivity contribution in [2.45, 2.75) is 20.5 Å². The maximum Gasteiger partial charge on any atom is 0.319 e. The van der Waals surface area contributed by atoms with E-state index in [2.05, 4.69) is 33.3 Å². The molecule has 0 fully saturated rings. The Morgan fingerprint density at radius 2 is 1.57 bits per heavy atom. The topological polar surface area (TPSA) is 54.0 Å². The van der Waals surface area contributed by atoms with E-state index in [1.165, 1.54) is 16.3 Å². The van der Waals surface area contributed by atoms with Crippen molar-refractivity contribution >= 4 is 19.0 Å². The number of benzene rings is 2. The van der Waals surface area contributed by atoms with Crippen LogP contribution in [0.1, 0.15) is 19.4 Å². The van der Waals surface area contributed by atoms with Crippen LogP contribution in [0.2, 0.25) is 0 Å². The quantitative estimate of drug-likeness (QED) is 0.697. The Morgan fingerprint density at radius 3 is 2.13 bits per heavy atom. The molecule has 0 atom stereocenters. The fraction of sp³-hybridized carbons (Fsp3) is 0.412. The lowest BCUT2D eigenvalue weighted by Crippen LogP contribution is -1.87. The molecule has 2 rings (SSSR count). The first-order valence-corrected chi connectivity index (χ1v) is 8.72. The molecule has 0 saturated carbocycles. The molecule has 23 heavy (non-hydrogen) atoms. The molecule has 0 saturated heterocycles. The average Bonchev–Trinajstić information content (AvgIpc) is 2.55. The van der Waals surface area contributed by atoms with E-state index in [4.69, 9.17) is 9.47 Å². The van der Waals surface area contributed by atoms with Gasteiger partial charge in [0.15, 0.2) is 0 Å². The molecule has 0 aliphatic heterocycles. The van der Waals surface area contributed by atoms with E-state index in [1.807, 2.05) is 12.1 Å². The molecular weight excluding hydrogens is 315 g/mol. The van der Waals surface area contributed by atoms with Crippen molar-refractivity contribution in [3.05, 3.63) is 42.0 Å². The highest BCUT2D eigenvalue weighted by atomic mass is 31.1. The van der Waals surface area contributed by atoms with Crippen molar-refractivity contribution in [3.63, 3.8) is 0 Å². The maximum atomic E-state index is 10.4. The van der Waals surface area contributed by atoms with E-state index < -0.39 is 8.25 Å². The van der Waals surface area contributed by atoms with Crippen LogP contribution >= 0.6 is 8.25 Å². The van der Waals surface area contributed by atoms with Crippen molar-refractivity contribution in [1.82, 2.24) is 0 Å². The van der Waals surface area contributed by atoms with Crippen LogP contribution in [0.25, 0.3) is 10.8 Å². The molecule has 0 unspecified atom stereocenters. The number of fused-ring (bicyclic) bond motifs is 1. The first-order chi connectivity index (χ1) is 11.1. The molecule has 0 heterocycles. The minimum Gasteiger partial charge on any atom is -0.497 e. The summed E-state index contributed by atoms with van der Waals surface area (Å²) < 4.78 is 29.9. The molecule has 0 aliphatic carbocycles. The molecule has 2 aromatic rings. The highest BCUT2D eigenvalue weighted by molar-refractivity contribution is 7.33. The Bertz CT molecular complexity index is 607. The first-order valence-electron chi connectivity index (χ1n) is 7.49. The monoisotopic (exact) mass is 340 g/mol. The minimum absolute atomic E-state index is 0.456. The van der Waals surface area contributed by atoms with Crippen molar-refractivity contribution in [3.8, 4) is 5.75 Å². The van der Waals surface area contributed by atoms with Gasteiger partial charge >= 0.3 is 8.25 Å². The lowest BCUT2D eigenvalue weighted by atomic mass is 10.1. The van der Waals surface area contributed by atoms with Crippen molar-refractivity contribution in [2.75, 3.05) is 27.4 Å². The highest BCUT2D eigenvalue weighted by Gasteiger charge is 1.98. The van der Waals surface area contributed by atoms with Gasteiger partial charge in [0.1, 0.15) is 5.75 Å². The molecule has 2 aromatic carbocycles. The fourth-order valence-electron chi connectivity index (χ4n) is 1.94. The number of hydrogen-bond acceptors (Lipinski definition) is 5. The molecule has 0 spiro atoms. The molecule has 0 bridgehead atoms. The van der Waals surface area contributed by atoms with Gasteiger partial charge in [-0.2, -0.15) is 0 Å². The molecule has 5 nitrogen and oxygen atoms in total. The van der Waals surface area contributed by atoms with Gasteiger partial charge in [0.25, 0.3) is 0 Å². The number of ether oxygens (including phenoxy) is 2. The molecule has 6 heteroatoms. The number of hydrogen-bond donors (Lipinski definition) is 0. The predicted octanol–water partition coefficient (Wildman–Crippen LogP) is 4.44. The number of methoxy groups -OCH3 is 2. The van der Waals surface area contributed by atoms with Gasteiger partial charge in [-0.15, -0.1) is 0 Å². The van der Waals surface area contributed by atoms with E-state index in [9.17, 15) is 4.57 Å².